The van der Waals surface area contributed by atoms with Crippen molar-refractivity contribution in [2.75, 3.05) is 11.9 Å². The summed E-state index contributed by atoms with van der Waals surface area (Å²) in [5.41, 5.74) is 8.42. The largest absolute Gasteiger partial charge is 0.385 e. The molecule has 2 nitrogen and oxygen atoms in total. The number of hydrogen-bond donors (Lipinski definition) is 2. The molecule has 0 amide bonds. The third kappa shape index (κ3) is 2.96. The van der Waals surface area contributed by atoms with Gasteiger partial charge in [-0.3, -0.25) is 0 Å². The average molecular weight is 204 g/mol. The fourth-order valence-corrected chi connectivity index (χ4v) is 2.23. The zero-order chi connectivity index (χ0) is 10.7. The standard InChI is InChI=1S/C13H20N2/c1-10-2-6-13(7-3-10)15-9-11-4-5-12(14)8-11/h2-3,6-7,11-12,15H,4-5,8-9,14H2,1H3. The number of aryl methyl sites for hydroxylation is 1. The summed E-state index contributed by atoms with van der Waals surface area (Å²) >= 11 is 0. The van der Waals surface area contributed by atoms with E-state index in [-0.39, 0.29) is 0 Å². The third-order valence-electron chi connectivity index (χ3n) is 3.23. The highest BCUT2D eigenvalue weighted by Gasteiger charge is 2.20. The Hall–Kier alpha value is -1.02. The van der Waals surface area contributed by atoms with Crippen LogP contribution in [0.3, 0.4) is 0 Å². The molecular formula is C13H20N2. The lowest BCUT2D eigenvalue weighted by Gasteiger charge is -2.12. The smallest absolute Gasteiger partial charge is 0.0340 e. The Morgan fingerprint density at radius 2 is 2.00 bits per heavy atom. The zero-order valence-corrected chi connectivity index (χ0v) is 9.37. The maximum atomic E-state index is 5.89. The van der Waals surface area contributed by atoms with Gasteiger partial charge >= 0.3 is 0 Å². The summed E-state index contributed by atoms with van der Waals surface area (Å²) in [6.07, 6.45) is 3.65. The van der Waals surface area contributed by atoms with Crippen molar-refractivity contribution in [2.45, 2.75) is 32.2 Å². The van der Waals surface area contributed by atoms with E-state index in [1.165, 1.54) is 30.5 Å². The minimum atomic E-state index is 0.440. The first-order chi connectivity index (χ1) is 7.24. The topological polar surface area (TPSA) is 38.0 Å². The first-order valence-electron chi connectivity index (χ1n) is 5.80. The van der Waals surface area contributed by atoms with Gasteiger partial charge in [-0.25, -0.2) is 0 Å². The molecule has 1 aliphatic carbocycles. The van der Waals surface area contributed by atoms with Crippen molar-refractivity contribution in [2.24, 2.45) is 11.7 Å². The maximum Gasteiger partial charge on any atom is 0.0340 e. The van der Waals surface area contributed by atoms with Gasteiger partial charge in [0.05, 0.1) is 0 Å². The molecule has 1 saturated carbocycles. The van der Waals surface area contributed by atoms with Crippen LogP contribution in [0, 0.1) is 12.8 Å². The van der Waals surface area contributed by atoms with Crippen molar-refractivity contribution in [3.05, 3.63) is 29.8 Å². The Labute approximate surface area is 91.9 Å². The van der Waals surface area contributed by atoms with Crippen LogP contribution in [-0.2, 0) is 0 Å². The van der Waals surface area contributed by atoms with Gasteiger partial charge in [0.1, 0.15) is 0 Å². The Bertz CT molecular complexity index is 305. The van der Waals surface area contributed by atoms with Crippen LogP contribution >= 0.6 is 0 Å². The third-order valence-corrected chi connectivity index (χ3v) is 3.23. The lowest BCUT2D eigenvalue weighted by atomic mass is 10.1. The van der Waals surface area contributed by atoms with Crippen molar-refractivity contribution >= 4 is 5.69 Å². The van der Waals surface area contributed by atoms with Gasteiger partial charge in [0.2, 0.25) is 0 Å². The Morgan fingerprint density at radius 1 is 1.27 bits per heavy atom. The van der Waals surface area contributed by atoms with Gasteiger partial charge in [-0.05, 0) is 44.2 Å². The van der Waals surface area contributed by atoms with Crippen LogP contribution in [0.25, 0.3) is 0 Å². The van der Waals surface area contributed by atoms with E-state index in [2.05, 4.69) is 36.5 Å². The SMILES string of the molecule is Cc1ccc(NCC2CCC(N)C2)cc1. The van der Waals surface area contributed by atoms with Crippen LogP contribution in [0.2, 0.25) is 0 Å². The van der Waals surface area contributed by atoms with Crippen LogP contribution < -0.4 is 11.1 Å². The molecule has 0 radical (unpaired) electrons. The molecule has 1 aromatic rings. The summed E-state index contributed by atoms with van der Waals surface area (Å²) in [4.78, 5) is 0. The van der Waals surface area contributed by atoms with Crippen LogP contribution in [0.5, 0.6) is 0 Å². The van der Waals surface area contributed by atoms with Gasteiger partial charge in [0, 0.05) is 18.3 Å². The second kappa shape index (κ2) is 4.67. The minimum absolute atomic E-state index is 0.440. The molecule has 82 valence electrons. The molecule has 0 saturated heterocycles. The molecule has 2 unspecified atom stereocenters. The normalized spacial score (nSPS) is 25.5. The molecule has 1 aromatic carbocycles. The molecular weight excluding hydrogens is 184 g/mol. The van der Waals surface area contributed by atoms with Crippen molar-refractivity contribution in [1.29, 1.82) is 0 Å². The summed E-state index contributed by atoms with van der Waals surface area (Å²) in [5, 5.41) is 3.48. The number of benzene rings is 1. The minimum Gasteiger partial charge on any atom is -0.385 e. The molecule has 3 N–H and O–H groups in total. The fourth-order valence-electron chi connectivity index (χ4n) is 2.23. The summed E-state index contributed by atoms with van der Waals surface area (Å²) < 4.78 is 0. The quantitative estimate of drug-likeness (QED) is 0.794. The summed E-state index contributed by atoms with van der Waals surface area (Å²) in [6, 6.07) is 9.01. The Kier molecular flexibility index (Phi) is 3.27. The monoisotopic (exact) mass is 204 g/mol. The van der Waals surface area contributed by atoms with Gasteiger partial charge in [-0.1, -0.05) is 17.7 Å². The molecule has 0 heterocycles. The molecule has 15 heavy (non-hydrogen) atoms. The van der Waals surface area contributed by atoms with E-state index in [4.69, 9.17) is 5.73 Å². The molecule has 0 aromatic heterocycles. The molecule has 0 spiro atoms. The predicted octanol–water partition coefficient (Wildman–Crippen LogP) is 2.53. The Balaban J connectivity index is 1.80. The number of anilines is 1. The highest BCUT2D eigenvalue weighted by molar-refractivity contribution is 5.44. The predicted molar refractivity (Wildman–Crippen MR) is 65.0 cm³/mol. The summed E-state index contributed by atoms with van der Waals surface area (Å²) in [7, 11) is 0. The zero-order valence-electron chi connectivity index (χ0n) is 9.37. The van der Waals surface area contributed by atoms with Gasteiger partial charge < -0.3 is 11.1 Å². The average Bonchev–Trinajstić information content (AvgIpc) is 2.64. The lowest BCUT2D eigenvalue weighted by Crippen LogP contribution is -2.17. The molecule has 0 bridgehead atoms. The highest BCUT2D eigenvalue weighted by Crippen LogP contribution is 2.24. The maximum absolute atomic E-state index is 5.89. The number of hydrogen-bond acceptors (Lipinski definition) is 2. The van der Waals surface area contributed by atoms with Crippen molar-refractivity contribution in [1.82, 2.24) is 0 Å². The fraction of sp³-hybridized carbons (Fsp3) is 0.538. The van der Waals surface area contributed by atoms with E-state index in [1.807, 2.05) is 0 Å². The van der Waals surface area contributed by atoms with Crippen molar-refractivity contribution in [3.63, 3.8) is 0 Å². The van der Waals surface area contributed by atoms with E-state index in [9.17, 15) is 0 Å². The van der Waals surface area contributed by atoms with Crippen LogP contribution in [0.15, 0.2) is 24.3 Å². The van der Waals surface area contributed by atoms with E-state index in [0.29, 0.717) is 6.04 Å². The second-order valence-corrected chi connectivity index (χ2v) is 4.69. The second-order valence-electron chi connectivity index (χ2n) is 4.69. The molecule has 1 aliphatic rings. The van der Waals surface area contributed by atoms with Gasteiger partial charge in [0.15, 0.2) is 0 Å². The first-order valence-corrected chi connectivity index (χ1v) is 5.80. The van der Waals surface area contributed by atoms with Crippen LogP contribution in [0.1, 0.15) is 24.8 Å². The number of nitrogens with two attached hydrogens (primary N) is 1. The molecule has 0 aliphatic heterocycles. The summed E-state index contributed by atoms with van der Waals surface area (Å²) in [6.45, 7) is 3.18. The van der Waals surface area contributed by atoms with E-state index in [1.54, 1.807) is 0 Å². The van der Waals surface area contributed by atoms with Crippen LogP contribution in [0.4, 0.5) is 5.69 Å². The van der Waals surface area contributed by atoms with E-state index < -0.39 is 0 Å². The molecule has 1 fully saturated rings. The number of rotatable bonds is 3. The first kappa shape index (κ1) is 10.5. The summed E-state index contributed by atoms with van der Waals surface area (Å²) in [5.74, 6) is 0.765. The molecule has 2 rings (SSSR count). The number of nitrogens with one attached hydrogen (secondary N) is 1. The van der Waals surface area contributed by atoms with Gasteiger partial charge in [0.25, 0.3) is 0 Å². The van der Waals surface area contributed by atoms with Crippen molar-refractivity contribution in [3.8, 4) is 0 Å². The van der Waals surface area contributed by atoms with E-state index in [0.717, 1.165) is 12.5 Å². The van der Waals surface area contributed by atoms with Crippen molar-refractivity contribution < 1.29 is 0 Å². The lowest BCUT2D eigenvalue weighted by molar-refractivity contribution is 0.566. The molecule has 2 atom stereocenters. The Morgan fingerprint density at radius 3 is 2.60 bits per heavy atom. The van der Waals surface area contributed by atoms with Gasteiger partial charge in [-0.2, -0.15) is 0 Å². The van der Waals surface area contributed by atoms with Gasteiger partial charge in [-0.15, -0.1) is 0 Å². The van der Waals surface area contributed by atoms with E-state index >= 15 is 0 Å². The molecule has 2 heteroatoms. The van der Waals surface area contributed by atoms with Crippen LogP contribution in [-0.4, -0.2) is 12.6 Å². The highest BCUT2D eigenvalue weighted by atomic mass is 14.9.